The number of aromatic carboxylic acids is 1. The van der Waals surface area contributed by atoms with Crippen molar-refractivity contribution < 1.29 is 15.0 Å². The standard InChI is InChI=1S/C13H11NO4/c1-8-3-2-4-9(5-8)14-11(13(17)18)6-10(15)7-12(14)16/h2-7,15H,1H3,(H,17,18). The number of aryl methyl sites for hydroxylation is 1. The third kappa shape index (κ3) is 2.10. The van der Waals surface area contributed by atoms with Crippen LogP contribution in [0.3, 0.4) is 0 Å². The van der Waals surface area contributed by atoms with E-state index in [0.717, 1.165) is 22.3 Å². The predicted octanol–water partition coefficient (Wildman–Crippen LogP) is 1.55. The Hall–Kier alpha value is -2.56. The number of hydrogen-bond donors (Lipinski definition) is 2. The van der Waals surface area contributed by atoms with Gasteiger partial charge in [-0.2, -0.15) is 0 Å². The van der Waals surface area contributed by atoms with E-state index in [0.29, 0.717) is 5.69 Å². The Bertz CT molecular complexity index is 673. The Labute approximate surface area is 103 Å². The summed E-state index contributed by atoms with van der Waals surface area (Å²) in [5, 5.41) is 18.4. The van der Waals surface area contributed by atoms with E-state index >= 15 is 0 Å². The van der Waals surface area contributed by atoms with Gasteiger partial charge in [-0.15, -0.1) is 0 Å². The molecule has 0 fully saturated rings. The molecule has 1 heterocycles. The lowest BCUT2D eigenvalue weighted by molar-refractivity contribution is 0.0686. The molecule has 2 N–H and O–H groups in total. The Morgan fingerprint density at radius 2 is 1.94 bits per heavy atom. The van der Waals surface area contributed by atoms with Crippen LogP contribution in [-0.4, -0.2) is 20.7 Å². The van der Waals surface area contributed by atoms with Gasteiger partial charge in [0.25, 0.3) is 5.56 Å². The average molecular weight is 245 g/mol. The quantitative estimate of drug-likeness (QED) is 0.841. The maximum Gasteiger partial charge on any atom is 0.353 e. The van der Waals surface area contributed by atoms with Crippen molar-refractivity contribution in [3.8, 4) is 11.4 Å². The van der Waals surface area contributed by atoms with Crippen LogP contribution in [0.2, 0.25) is 0 Å². The first-order valence-electron chi connectivity index (χ1n) is 5.25. The lowest BCUT2D eigenvalue weighted by Crippen LogP contribution is -2.23. The monoisotopic (exact) mass is 245 g/mol. The molecular weight excluding hydrogens is 234 g/mol. The maximum absolute atomic E-state index is 11.8. The minimum Gasteiger partial charge on any atom is -0.508 e. The number of aromatic hydroxyl groups is 1. The van der Waals surface area contributed by atoms with Crippen LogP contribution in [0, 0.1) is 6.92 Å². The van der Waals surface area contributed by atoms with Gasteiger partial charge in [0.15, 0.2) is 0 Å². The average Bonchev–Trinajstić information content (AvgIpc) is 2.27. The molecule has 0 atom stereocenters. The molecule has 0 aliphatic rings. The molecule has 2 rings (SSSR count). The fourth-order valence-corrected chi connectivity index (χ4v) is 1.75. The van der Waals surface area contributed by atoms with Crippen molar-refractivity contribution in [3.63, 3.8) is 0 Å². The number of carboxylic acid groups (broad SMARTS) is 1. The third-order valence-corrected chi connectivity index (χ3v) is 2.50. The molecule has 0 aliphatic carbocycles. The summed E-state index contributed by atoms with van der Waals surface area (Å²) in [6.07, 6.45) is 0. The number of carbonyl (C=O) groups is 1. The van der Waals surface area contributed by atoms with Crippen molar-refractivity contribution in [2.75, 3.05) is 0 Å². The van der Waals surface area contributed by atoms with Crippen LogP contribution in [0.25, 0.3) is 5.69 Å². The Balaban J connectivity index is 2.78. The Morgan fingerprint density at radius 3 is 2.56 bits per heavy atom. The summed E-state index contributed by atoms with van der Waals surface area (Å²) in [5.41, 5.74) is 0.504. The van der Waals surface area contributed by atoms with Crippen molar-refractivity contribution in [1.29, 1.82) is 0 Å². The van der Waals surface area contributed by atoms with Gasteiger partial charge in [-0.25, -0.2) is 4.79 Å². The van der Waals surface area contributed by atoms with E-state index in [2.05, 4.69) is 0 Å². The fraction of sp³-hybridized carbons (Fsp3) is 0.0769. The summed E-state index contributed by atoms with van der Waals surface area (Å²) in [5.74, 6) is -1.63. The van der Waals surface area contributed by atoms with Crippen molar-refractivity contribution in [1.82, 2.24) is 4.57 Å². The molecule has 0 aliphatic heterocycles. The van der Waals surface area contributed by atoms with E-state index in [9.17, 15) is 14.7 Å². The smallest absolute Gasteiger partial charge is 0.353 e. The highest BCUT2D eigenvalue weighted by Crippen LogP contribution is 2.14. The molecule has 0 saturated heterocycles. The Kier molecular flexibility index (Phi) is 2.89. The van der Waals surface area contributed by atoms with E-state index in [1.807, 2.05) is 13.0 Å². The van der Waals surface area contributed by atoms with Crippen LogP contribution in [-0.2, 0) is 0 Å². The minimum atomic E-state index is -1.27. The largest absolute Gasteiger partial charge is 0.508 e. The third-order valence-electron chi connectivity index (χ3n) is 2.50. The zero-order chi connectivity index (χ0) is 13.3. The topological polar surface area (TPSA) is 79.5 Å². The molecule has 0 unspecified atom stereocenters. The van der Waals surface area contributed by atoms with Gasteiger partial charge >= 0.3 is 5.97 Å². The van der Waals surface area contributed by atoms with Crippen LogP contribution in [0.15, 0.2) is 41.2 Å². The van der Waals surface area contributed by atoms with Crippen molar-refractivity contribution in [2.45, 2.75) is 6.92 Å². The van der Waals surface area contributed by atoms with Gasteiger partial charge in [-0.1, -0.05) is 12.1 Å². The van der Waals surface area contributed by atoms with Crippen molar-refractivity contribution in [2.24, 2.45) is 0 Å². The van der Waals surface area contributed by atoms with Crippen LogP contribution >= 0.6 is 0 Å². The predicted molar refractivity (Wildman–Crippen MR) is 65.4 cm³/mol. The van der Waals surface area contributed by atoms with Crippen LogP contribution in [0.4, 0.5) is 0 Å². The molecule has 1 aromatic heterocycles. The number of benzene rings is 1. The highest BCUT2D eigenvalue weighted by Gasteiger charge is 2.14. The molecule has 0 radical (unpaired) electrons. The van der Waals surface area contributed by atoms with Crippen molar-refractivity contribution >= 4 is 5.97 Å². The molecule has 0 spiro atoms. The molecule has 92 valence electrons. The normalized spacial score (nSPS) is 10.3. The van der Waals surface area contributed by atoms with E-state index in [1.165, 1.54) is 0 Å². The summed E-state index contributed by atoms with van der Waals surface area (Å²) in [4.78, 5) is 22.9. The molecule has 0 amide bonds. The van der Waals surface area contributed by atoms with Gasteiger partial charge in [-0.05, 0) is 24.6 Å². The number of carboxylic acids is 1. The number of pyridine rings is 1. The molecule has 2 aromatic rings. The molecule has 5 nitrogen and oxygen atoms in total. The summed E-state index contributed by atoms with van der Waals surface area (Å²) >= 11 is 0. The van der Waals surface area contributed by atoms with E-state index in [-0.39, 0.29) is 11.4 Å². The van der Waals surface area contributed by atoms with Gasteiger partial charge in [-0.3, -0.25) is 9.36 Å². The fourth-order valence-electron chi connectivity index (χ4n) is 1.75. The van der Waals surface area contributed by atoms with Crippen LogP contribution < -0.4 is 5.56 Å². The zero-order valence-electron chi connectivity index (χ0n) is 9.62. The highest BCUT2D eigenvalue weighted by atomic mass is 16.4. The van der Waals surface area contributed by atoms with E-state index < -0.39 is 11.5 Å². The van der Waals surface area contributed by atoms with Crippen LogP contribution in [0.1, 0.15) is 16.1 Å². The van der Waals surface area contributed by atoms with Gasteiger partial charge in [0.05, 0.1) is 0 Å². The first-order valence-corrected chi connectivity index (χ1v) is 5.25. The summed E-state index contributed by atoms with van der Waals surface area (Å²) in [6, 6.07) is 8.94. The van der Waals surface area contributed by atoms with Gasteiger partial charge in [0.1, 0.15) is 11.4 Å². The maximum atomic E-state index is 11.8. The van der Waals surface area contributed by atoms with Gasteiger partial charge < -0.3 is 10.2 Å². The second kappa shape index (κ2) is 4.37. The lowest BCUT2D eigenvalue weighted by atomic mass is 10.2. The van der Waals surface area contributed by atoms with E-state index in [4.69, 9.17) is 5.11 Å². The summed E-state index contributed by atoms with van der Waals surface area (Å²) in [7, 11) is 0. The second-order valence-corrected chi connectivity index (χ2v) is 3.92. The Morgan fingerprint density at radius 1 is 1.22 bits per heavy atom. The molecular formula is C13H11NO4. The number of nitrogens with zero attached hydrogens (tertiary/aromatic N) is 1. The molecule has 18 heavy (non-hydrogen) atoms. The molecule has 5 heteroatoms. The van der Waals surface area contributed by atoms with Gasteiger partial charge in [0.2, 0.25) is 0 Å². The summed E-state index contributed by atoms with van der Waals surface area (Å²) < 4.78 is 1.05. The zero-order valence-corrected chi connectivity index (χ0v) is 9.62. The van der Waals surface area contributed by atoms with Crippen LogP contribution in [0.5, 0.6) is 5.75 Å². The minimum absolute atomic E-state index is 0.273. The first kappa shape index (κ1) is 11.9. The number of aromatic nitrogens is 1. The molecule has 0 bridgehead atoms. The number of hydrogen-bond acceptors (Lipinski definition) is 3. The van der Waals surface area contributed by atoms with Crippen molar-refractivity contribution in [3.05, 3.63) is 58.0 Å². The molecule has 0 saturated carbocycles. The van der Waals surface area contributed by atoms with Gasteiger partial charge in [0, 0.05) is 17.8 Å². The molecule has 1 aromatic carbocycles. The summed E-state index contributed by atoms with van der Waals surface area (Å²) in [6.45, 7) is 1.84. The highest BCUT2D eigenvalue weighted by molar-refractivity contribution is 5.86. The van der Waals surface area contributed by atoms with E-state index in [1.54, 1.807) is 18.2 Å². The lowest BCUT2D eigenvalue weighted by Gasteiger charge is -2.10. The number of rotatable bonds is 2. The second-order valence-electron chi connectivity index (χ2n) is 3.92. The first-order chi connectivity index (χ1) is 8.49. The SMILES string of the molecule is Cc1cccc(-n2c(C(=O)O)cc(O)cc2=O)c1.